The minimum absolute atomic E-state index is 0.158. The number of rotatable bonds is 6. The molecule has 176 valence electrons. The molecule has 4 saturated carbocycles. The van der Waals surface area contributed by atoms with Crippen molar-refractivity contribution in [2.24, 2.45) is 5.92 Å². The van der Waals surface area contributed by atoms with Gasteiger partial charge in [-0.25, -0.2) is 4.98 Å². The Hall–Kier alpha value is -2.45. The summed E-state index contributed by atoms with van der Waals surface area (Å²) < 4.78 is 1.56. The van der Waals surface area contributed by atoms with Gasteiger partial charge in [-0.05, 0) is 68.4 Å². The predicted molar refractivity (Wildman–Crippen MR) is 123 cm³/mol. The van der Waals surface area contributed by atoms with Crippen molar-refractivity contribution in [2.75, 3.05) is 19.6 Å². The topological polar surface area (TPSA) is 108 Å². The molecule has 1 saturated heterocycles. The largest absolute Gasteiger partial charge is 0.506 e. The number of nitrogens with zero attached hydrogens (tertiary/aromatic N) is 3. The molecule has 2 aromatic heterocycles. The number of pyridine rings is 2. The van der Waals surface area contributed by atoms with Gasteiger partial charge >= 0.3 is 0 Å². The van der Waals surface area contributed by atoms with Crippen molar-refractivity contribution < 1.29 is 15.0 Å². The number of carbonyl (C=O) groups is 1. The summed E-state index contributed by atoms with van der Waals surface area (Å²) in [6.07, 6.45) is 9.32. The first-order valence-corrected chi connectivity index (χ1v) is 12.4. The number of aliphatic hydroxyl groups is 1. The first-order chi connectivity index (χ1) is 15.9. The average Bonchev–Trinajstić information content (AvgIpc) is 2.70. The van der Waals surface area contributed by atoms with Crippen LogP contribution in [0.2, 0.25) is 0 Å². The van der Waals surface area contributed by atoms with E-state index in [1.54, 1.807) is 4.57 Å². The van der Waals surface area contributed by atoms with E-state index < -0.39 is 11.5 Å². The van der Waals surface area contributed by atoms with Crippen LogP contribution in [0.1, 0.15) is 73.2 Å². The van der Waals surface area contributed by atoms with Crippen LogP contribution in [0.25, 0.3) is 11.0 Å². The second-order valence-corrected chi connectivity index (χ2v) is 10.7. The van der Waals surface area contributed by atoms with E-state index >= 15 is 0 Å². The summed E-state index contributed by atoms with van der Waals surface area (Å²) in [6, 6.07) is 1.92. The Balaban J connectivity index is 1.37. The van der Waals surface area contributed by atoms with Crippen molar-refractivity contribution in [3.8, 4) is 5.75 Å². The molecular formula is C25H32N4O4. The first kappa shape index (κ1) is 21.1. The van der Waals surface area contributed by atoms with E-state index in [9.17, 15) is 19.8 Å². The molecule has 0 aromatic carbocycles. The van der Waals surface area contributed by atoms with Gasteiger partial charge in [0.25, 0.3) is 11.5 Å². The van der Waals surface area contributed by atoms with Crippen molar-refractivity contribution in [3.05, 3.63) is 33.7 Å². The van der Waals surface area contributed by atoms with Gasteiger partial charge in [-0.15, -0.1) is 0 Å². The van der Waals surface area contributed by atoms with Crippen LogP contribution in [-0.2, 0) is 6.54 Å². The number of aromatic hydroxyl groups is 1. The molecule has 0 unspecified atom stereocenters. The van der Waals surface area contributed by atoms with Crippen molar-refractivity contribution in [2.45, 2.75) is 75.5 Å². The molecule has 2 bridgehead atoms. The second kappa shape index (κ2) is 7.81. The van der Waals surface area contributed by atoms with E-state index in [-0.39, 0.29) is 23.0 Å². The van der Waals surface area contributed by atoms with Gasteiger partial charge in [0, 0.05) is 37.9 Å². The number of nitrogens with one attached hydrogen (secondary N) is 1. The maximum absolute atomic E-state index is 13.5. The van der Waals surface area contributed by atoms with E-state index in [0.29, 0.717) is 36.0 Å². The third-order valence-corrected chi connectivity index (χ3v) is 8.51. The fraction of sp³-hybridized carbons (Fsp3) is 0.640. The molecule has 4 aliphatic carbocycles. The predicted octanol–water partition coefficient (Wildman–Crippen LogP) is 2.11. The minimum atomic E-state index is -0.481. The highest BCUT2D eigenvalue weighted by molar-refractivity contribution is 6.02. The zero-order valence-electron chi connectivity index (χ0n) is 18.9. The fourth-order valence-electron chi connectivity index (χ4n) is 6.03. The van der Waals surface area contributed by atoms with E-state index in [0.717, 1.165) is 63.6 Å². The summed E-state index contributed by atoms with van der Waals surface area (Å²) in [5.74, 6) is 0.413. The summed E-state index contributed by atoms with van der Waals surface area (Å²) in [5, 5.41) is 24.4. The summed E-state index contributed by atoms with van der Waals surface area (Å²) in [6.45, 7) is 2.57. The molecular weight excluding hydrogens is 420 g/mol. The van der Waals surface area contributed by atoms with Crippen molar-refractivity contribution in [1.82, 2.24) is 19.8 Å². The molecule has 3 N–H and O–H groups in total. The molecule has 2 aromatic rings. The SMILES string of the molecule is O=C(NC12CC(C1)C2)c1c(O)c2cc(C3CCC3)cnc2n(CCN2CCC(O)CC2)c1=O. The van der Waals surface area contributed by atoms with Crippen LogP contribution in [0.5, 0.6) is 5.75 Å². The van der Waals surface area contributed by atoms with Gasteiger partial charge in [0.1, 0.15) is 17.0 Å². The van der Waals surface area contributed by atoms with Gasteiger partial charge < -0.3 is 20.4 Å². The highest BCUT2D eigenvalue weighted by atomic mass is 16.3. The van der Waals surface area contributed by atoms with Gasteiger partial charge in [0.15, 0.2) is 0 Å². The lowest BCUT2D eigenvalue weighted by Crippen LogP contribution is -2.68. The molecule has 5 aliphatic rings. The van der Waals surface area contributed by atoms with Gasteiger partial charge in [-0.1, -0.05) is 6.42 Å². The lowest BCUT2D eigenvalue weighted by molar-refractivity contribution is -0.0439. The van der Waals surface area contributed by atoms with Gasteiger partial charge in [0.05, 0.1) is 11.5 Å². The Morgan fingerprint density at radius 1 is 1.15 bits per heavy atom. The van der Waals surface area contributed by atoms with Gasteiger partial charge in [-0.2, -0.15) is 0 Å². The quantitative estimate of drug-likeness (QED) is 0.620. The van der Waals surface area contributed by atoms with E-state index in [1.807, 2.05) is 12.3 Å². The normalized spacial score (nSPS) is 27.6. The number of fused-ring (bicyclic) bond motifs is 1. The number of hydrogen-bond acceptors (Lipinski definition) is 6. The molecule has 0 radical (unpaired) electrons. The molecule has 8 nitrogen and oxygen atoms in total. The van der Waals surface area contributed by atoms with Crippen LogP contribution >= 0.6 is 0 Å². The summed E-state index contributed by atoms with van der Waals surface area (Å²) in [7, 11) is 0. The van der Waals surface area contributed by atoms with Crippen molar-refractivity contribution in [3.63, 3.8) is 0 Å². The Morgan fingerprint density at radius 3 is 2.48 bits per heavy atom. The minimum Gasteiger partial charge on any atom is -0.506 e. The number of aliphatic hydroxyl groups excluding tert-OH is 1. The highest BCUT2D eigenvalue weighted by Crippen LogP contribution is 2.57. The maximum atomic E-state index is 13.5. The second-order valence-electron chi connectivity index (χ2n) is 10.7. The van der Waals surface area contributed by atoms with Gasteiger partial charge in [0.2, 0.25) is 0 Å². The number of likely N-dealkylation sites (tertiary alicyclic amines) is 1. The van der Waals surface area contributed by atoms with Crippen molar-refractivity contribution >= 4 is 16.9 Å². The molecule has 5 fully saturated rings. The molecule has 1 aliphatic heterocycles. The Bertz CT molecular complexity index is 1150. The van der Waals surface area contributed by atoms with E-state index in [2.05, 4.69) is 15.2 Å². The lowest BCUT2D eigenvalue weighted by Gasteiger charge is -2.61. The molecule has 0 spiro atoms. The van der Waals surface area contributed by atoms with Crippen LogP contribution in [0.4, 0.5) is 0 Å². The molecule has 1 amide bonds. The molecule has 0 atom stereocenters. The molecule has 3 heterocycles. The van der Waals surface area contributed by atoms with Crippen LogP contribution < -0.4 is 10.9 Å². The lowest BCUT2D eigenvalue weighted by atomic mass is 9.50. The Morgan fingerprint density at radius 2 is 1.88 bits per heavy atom. The van der Waals surface area contributed by atoms with Crippen LogP contribution in [0.15, 0.2) is 17.1 Å². The van der Waals surface area contributed by atoms with Crippen LogP contribution in [-0.4, -0.2) is 61.8 Å². The summed E-state index contributed by atoms with van der Waals surface area (Å²) in [4.78, 5) is 33.5. The summed E-state index contributed by atoms with van der Waals surface area (Å²) in [5.41, 5.74) is 0.671. The van der Waals surface area contributed by atoms with Gasteiger partial charge in [-0.3, -0.25) is 14.2 Å². The standard InChI is InChI=1S/C25H32N4O4/c30-18-4-6-28(7-5-18)8-9-29-22-19(10-17(14-26-22)16-2-1-3-16)21(31)20(24(29)33)23(32)27-25-11-15(12-25)13-25/h10,14-16,18,30-31H,1-9,11-13H2,(H,27,32). The molecule has 8 heteroatoms. The maximum Gasteiger partial charge on any atom is 0.268 e. The highest BCUT2D eigenvalue weighted by Gasteiger charge is 2.57. The third kappa shape index (κ3) is 3.54. The van der Waals surface area contributed by atoms with E-state index in [4.69, 9.17) is 0 Å². The zero-order chi connectivity index (χ0) is 22.7. The average molecular weight is 453 g/mol. The van der Waals surface area contributed by atoms with Crippen LogP contribution in [0, 0.1) is 5.92 Å². The molecule has 33 heavy (non-hydrogen) atoms. The first-order valence-electron chi connectivity index (χ1n) is 12.4. The number of aromatic nitrogens is 2. The van der Waals surface area contributed by atoms with Crippen molar-refractivity contribution in [1.29, 1.82) is 0 Å². The number of amides is 1. The zero-order valence-corrected chi connectivity index (χ0v) is 18.9. The monoisotopic (exact) mass is 452 g/mol. The Labute approximate surface area is 192 Å². The van der Waals surface area contributed by atoms with Crippen LogP contribution in [0.3, 0.4) is 0 Å². The molecule has 7 rings (SSSR count). The number of carbonyl (C=O) groups excluding carboxylic acids is 1. The van der Waals surface area contributed by atoms with E-state index in [1.165, 1.54) is 6.42 Å². The third-order valence-electron chi connectivity index (χ3n) is 8.51. The number of hydrogen-bond donors (Lipinski definition) is 3. The smallest absolute Gasteiger partial charge is 0.268 e. The summed E-state index contributed by atoms with van der Waals surface area (Å²) >= 11 is 0. The number of piperidine rings is 1. The Kier molecular flexibility index (Phi) is 4.99. The fourth-order valence-corrected chi connectivity index (χ4v) is 6.03.